The summed E-state index contributed by atoms with van der Waals surface area (Å²) in [6.45, 7) is 6.17. The standard InChI is InChI=1S/C20H24BrF6NO/c1-11(28-10-13-9-18(2,3)5-4-16(13)21)17(29)12-6-14(19(22,23)24)8-15(7-12)20(25,26)27/h6-8,11,17,28-29H,4-5,9-10H2,1-3H3. The van der Waals surface area contributed by atoms with Crippen molar-refractivity contribution in [1.29, 1.82) is 0 Å². The molecule has 1 aromatic carbocycles. The van der Waals surface area contributed by atoms with Crippen LogP contribution in [0.4, 0.5) is 26.3 Å². The van der Waals surface area contributed by atoms with Crippen LogP contribution in [0.5, 0.6) is 0 Å². The van der Waals surface area contributed by atoms with E-state index >= 15 is 0 Å². The fourth-order valence-electron chi connectivity index (χ4n) is 3.38. The number of allylic oxidation sites excluding steroid dienone is 1. The number of aliphatic hydroxyl groups is 1. The fraction of sp³-hybridized carbons (Fsp3) is 0.600. The van der Waals surface area contributed by atoms with Gasteiger partial charge in [0.15, 0.2) is 0 Å². The van der Waals surface area contributed by atoms with Crippen LogP contribution in [0.2, 0.25) is 0 Å². The Morgan fingerprint density at radius 1 is 1.07 bits per heavy atom. The van der Waals surface area contributed by atoms with Crippen LogP contribution in [-0.2, 0) is 12.4 Å². The molecule has 0 heterocycles. The van der Waals surface area contributed by atoms with Crippen molar-refractivity contribution in [2.24, 2.45) is 5.41 Å². The van der Waals surface area contributed by atoms with Crippen LogP contribution in [0.1, 0.15) is 62.8 Å². The molecule has 0 radical (unpaired) electrons. The van der Waals surface area contributed by atoms with Crippen LogP contribution in [0, 0.1) is 5.41 Å². The molecular weight excluding hydrogens is 464 g/mol. The minimum absolute atomic E-state index is 0.0559. The van der Waals surface area contributed by atoms with Gasteiger partial charge in [0.1, 0.15) is 0 Å². The highest BCUT2D eigenvalue weighted by molar-refractivity contribution is 9.11. The second kappa shape index (κ2) is 8.59. The van der Waals surface area contributed by atoms with E-state index in [-0.39, 0.29) is 11.5 Å². The van der Waals surface area contributed by atoms with E-state index < -0.39 is 41.2 Å². The Kier molecular flexibility index (Phi) is 7.17. The molecule has 2 atom stereocenters. The highest BCUT2D eigenvalue weighted by Crippen LogP contribution is 2.41. The molecule has 2 rings (SSSR count). The van der Waals surface area contributed by atoms with Gasteiger partial charge in [0, 0.05) is 12.6 Å². The summed E-state index contributed by atoms with van der Waals surface area (Å²) in [5, 5.41) is 13.5. The summed E-state index contributed by atoms with van der Waals surface area (Å²) in [7, 11) is 0. The third-order valence-electron chi connectivity index (χ3n) is 5.16. The average molecular weight is 488 g/mol. The number of rotatable bonds is 5. The molecule has 0 amide bonds. The predicted octanol–water partition coefficient (Wildman–Crippen LogP) is 6.59. The molecule has 0 aromatic heterocycles. The van der Waals surface area contributed by atoms with Crippen LogP contribution >= 0.6 is 15.9 Å². The van der Waals surface area contributed by atoms with Gasteiger partial charge in [-0.3, -0.25) is 0 Å². The normalized spacial score (nSPS) is 20.0. The molecule has 0 bridgehead atoms. The minimum atomic E-state index is -4.95. The van der Waals surface area contributed by atoms with Crippen molar-refractivity contribution < 1.29 is 31.4 Å². The molecule has 164 valence electrons. The third-order valence-corrected chi connectivity index (χ3v) is 6.12. The summed E-state index contributed by atoms with van der Waals surface area (Å²) in [6, 6.07) is 0.436. The summed E-state index contributed by atoms with van der Waals surface area (Å²) in [5.74, 6) is 0. The van der Waals surface area contributed by atoms with Gasteiger partial charge >= 0.3 is 12.4 Å². The topological polar surface area (TPSA) is 32.3 Å². The zero-order valence-corrected chi connectivity index (χ0v) is 17.9. The van der Waals surface area contributed by atoms with Gasteiger partial charge in [-0.25, -0.2) is 0 Å². The van der Waals surface area contributed by atoms with Crippen LogP contribution < -0.4 is 5.32 Å². The fourth-order valence-corrected chi connectivity index (χ4v) is 3.86. The molecule has 0 fully saturated rings. The lowest BCUT2D eigenvalue weighted by molar-refractivity contribution is -0.143. The van der Waals surface area contributed by atoms with Crippen LogP contribution in [0.25, 0.3) is 0 Å². The Balaban J connectivity index is 2.21. The van der Waals surface area contributed by atoms with Gasteiger partial charge in [-0.15, -0.1) is 0 Å². The summed E-state index contributed by atoms with van der Waals surface area (Å²) in [6.07, 6.45) is -8.74. The van der Waals surface area contributed by atoms with E-state index in [1.54, 1.807) is 0 Å². The second-order valence-corrected chi connectivity index (χ2v) is 9.26. The van der Waals surface area contributed by atoms with Crippen molar-refractivity contribution in [1.82, 2.24) is 5.32 Å². The number of aliphatic hydroxyl groups excluding tert-OH is 1. The van der Waals surface area contributed by atoms with Crippen molar-refractivity contribution in [3.05, 3.63) is 44.9 Å². The average Bonchev–Trinajstić information content (AvgIpc) is 2.59. The molecule has 1 aliphatic rings. The molecule has 0 saturated heterocycles. The SMILES string of the molecule is CC(NCC1=C(Br)CCC(C)(C)C1)C(O)c1cc(C(F)(F)F)cc(C(F)(F)F)c1. The molecule has 1 aromatic rings. The minimum Gasteiger partial charge on any atom is -0.387 e. The maximum Gasteiger partial charge on any atom is 0.416 e. The lowest BCUT2D eigenvalue weighted by Crippen LogP contribution is -2.35. The zero-order valence-electron chi connectivity index (χ0n) is 16.3. The van der Waals surface area contributed by atoms with Crippen molar-refractivity contribution >= 4 is 15.9 Å². The number of hydrogen-bond acceptors (Lipinski definition) is 2. The Labute approximate surface area is 174 Å². The molecule has 29 heavy (non-hydrogen) atoms. The van der Waals surface area contributed by atoms with Crippen LogP contribution in [-0.4, -0.2) is 17.7 Å². The smallest absolute Gasteiger partial charge is 0.387 e. The first-order valence-corrected chi connectivity index (χ1v) is 9.97. The molecule has 0 saturated carbocycles. The monoisotopic (exact) mass is 487 g/mol. The van der Waals surface area contributed by atoms with Gasteiger partial charge in [-0.1, -0.05) is 29.8 Å². The van der Waals surface area contributed by atoms with Crippen LogP contribution in [0.3, 0.4) is 0 Å². The van der Waals surface area contributed by atoms with E-state index in [0.29, 0.717) is 18.7 Å². The maximum atomic E-state index is 13.0. The molecule has 2 nitrogen and oxygen atoms in total. The van der Waals surface area contributed by atoms with Crippen molar-refractivity contribution in [3.8, 4) is 0 Å². The summed E-state index contributed by atoms with van der Waals surface area (Å²) in [4.78, 5) is 0. The van der Waals surface area contributed by atoms with Crippen molar-refractivity contribution in [3.63, 3.8) is 0 Å². The predicted molar refractivity (Wildman–Crippen MR) is 102 cm³/mol. The quantitative estimate of drug-likeness (QED) is 0.458. The summed E-state index contributed by atoms with van der Waals surface area (Å²) in [5.41, 5.74) is -2.11. The first-order valence-electron chi connectivity index (χ1n) is 9.17. The van der Waals surface area contributed by atoms with E-state index in [2.05, 4.69) is 35.1 Å². The van der Waals surface area contributed by atoms with Gasteiger partial charge in [0.2, 0.25) is 0 Å². The third kappa shape index (κ3) is 6.46. The summed E-state index contributed by atoms with van der Waals surface area (Å²) < 4.78 is 79.2. The van der Waals surface area contributed by atoms with Gasteiger partial charge in [-0.2, -0.15) is 26.3 Å². The van der Waals surface area contributed by atoms with Gasteiger partial charge in [0.05, 0.1) is 17.2 Å². The van der Waals surface area contributed by atoms with Gasteiger partial charge < -0.3 is 10.4 Å². The molecule has 9 heteroatoms. The second-order valence-electron chi connectivity index (χ2n) is 8.30. The zero-order chi connectivity index (χ0) is 22.2. The first kappa shape index (κ1) is 24.2. The van der Waals surface area contributed by atoms with E-state index in [0.717, 1.165) is 29.3 Å². The molecule has 0 spiro atoms. The molecule has 2 unspecified atom stereocenters. The lowest BCUT2D eigenvalue weighted by Gasteiger charge is -2.32. The maximum absolute atomic E-state index is 13.0. The van der Waals surface area contributed by atoms with E-state index in [1.165, 1.54) is 6.92 Å². The van der Waals surface area contributed by atoms with Crippen molar-refractivity contribution in [2.45, 2.75) is 64.5 Å². The Bertz CT molecular complexity index is 737. The van der Waals surface area contributed by atoms with Gasteiger partial charge in [0.25, 0.3) is 0 Å². The van der Waals surface area contributed by atoms with Crippen LogP contribution in [0.15, 0.2) is 28.3 Å². The molecular formula is C20H24BrF6NO. The highest BCUT2D eigenvalue weighted by atomic mass is 79.9. The van der Waals surface area contributed by atoms with E-state index in [4.69, 9.17) is 0 Å². The number of benzene rings is 1. The number of nitrogens with one attached hydrogen (secondary N) is 1. The Morgan fingerprint density at radius 3 is 2.07 bits per heavy atom. The summed E-state index contributed by atoms with van der Waals surface area (Å²) >= 11 is 3.53. The highest BCUT2D eigenvalue weighted by Gasteiger charge is 2.38. The Hall–Kier alpha value is -1.06. The largest absolute Gasteiger partial charge is 0.416 e. The number of halogens is 7. The van der Waals surface area contributed by atoms with E-state index in [9.17, 15) is 31.4 Å². The first-order chi connectivity index (χ1) is 13.1. The van der Waals surface area contributed by atoms with E-state index in [1.807, 2.05) is 0 Å². The number of alkyl halides is 6. The molecule has 2 N–H and O–H groups in total. The lowest BCUT2D eigenvalue weighted by atomic mass is 9.77. The molecule has 1 aliphatic carbocycles. The van der Waals surface area contributed by atoms with Crippen molar-refractivity contribution in [2.75, 3.05) is 6.54 Å². The Morgan fingerprint density at radius 2 is 1.59 bits per heavy atom. The molecule has 0 aliphatic heterocycles. The van der Waals surface area contributed by atoms with Gasteiger partial charge in [-0.05, 0) is 65.4 Å². The number of hydrogen-bond donors (Lipinski definition) is 2.